The van der Waals surface area contributed by atoms with E-state index in [1.807, 2.05) is 19.1 Å². The number of nitrogens with one attached hydrogen (secondary N) is 1. The second-order valence-corrected chi connectivity index (χ2v) is 5.17. The van der Waals surface area contributed by atoms with Crippen molar-refractivity contribution in [1.82, 2.24) is 24.9 Å². The Labute approximate surface area is 113 Å². The number of rotatable bonds is 3. The van der Waals surface area contributed by atoms with Crippen molar-refractivity contribution in [2.24, 2.45) is 0 Å². The molecule has 1 amide bonds. The summed E-state index contributed by atoms with van der Waals surface area (Å²) in [5, 5.41) is 7.96. The van der Waals surface area contributed by atoms with Crippen LogP contribution < -0.4 is 5.32 Å². The van der Waals surface area contributed by atoms with E-state index in [-0.39, 0.29) is 5.91 Å². The molecule has 0 fully saturated rings. The van der Waals surface area contributed by atoms with Crippen LogP contribution in [0, 0.1) is 6.92 Å². The maximum absolute atomic E-state index is 11.9. The van der Waals surface area contributed by atoms with Gasteiger partial charge < -0.3 is 5.32 Å². The van der Waals surface area contributed by atoms with E-state index in [1.165, 1.54) is 11.3 Å². The zero-order valence-corrected chi connectivity index (χ0v) is 11.0. The first-order chi connectivity index (χ1) is 9.22. The molecule has 0 saturated heterocycles. The van der Waals surface area contributed by atoms with E-state index in [2.05, 4.69) is 20.4 Å². The number of carbonyl (C=O) groups is 1. The number of pyridine rings is 1. The van der Waals surface area contributed by atoms with Gasteiger partial charge in [-0.25, -0.2) is 9.50 Å². The fourth-order valence-corrected chi connectivity index (χ4v) is 2.41. The van der Waals surface area contributed by atoms with Gasteiger partial charge in [-0.3, -0.25) is 9.78 Å². The van der Waals surface area contributed by atoms with Crippen molar-refractivity contribution in [3.63, 3.8) is 0 Å². The van der Waals surface area contributed by atoms with Crippen molar-refractivity contribution in [3.8, 4) is 0 Å². The third-order valence-electron chi connectivity index (χ3n) is 2.58. The topological polar surface area (TPSA) is 72.2 Å². The molecule has 3 heterocycles. The first-order valence-corrected chi connectivity index (χ1v) is 6.54. The molecule has 0 aromatic carbocycles. The largest absolute Gasteiger partial charge is 0.347 e. The molecule has 3 rings (SSSR count). The van der Waals surface area contributed by atoms with Crippen LogP contribution in [0.1, 0.15) is 21.1 Å². The standard InChI is InChI=1S/C12H11N5OS/c1-8-16-17-7-10(15-12(17)19-8)11(18)14-6-9-2-4-13-5-3-9/h2-5,7H,6H2,1H3,(H,14,18). The number of hydrogen-bond donors (Lipinski definition) is 1. The predicted octanol–water partition coefficient (Wildman–Crippen LogP) is 1.42. The van der Waals surface area contributed by atoms with Crippen molar-refractivity contribution in [2.45, 2.75) is 13.5 Å². The number of imidazole rings is 1. The molecule has 0 unspecified atom stereocenters. The van der Waals surface area contributed by atoms with Gasteiger partial charge in [0.2, 0.25) is 4.96 Å². The van der Waals surface area contributed by atoms with Crippen LogP contribution in [0.3, 0.4) is 0 Å². The average molecular weight is 273 g/mol. The van der Waals surface area contributed by atoms with E-state index >= 15 is 0 Å². The van der Waals surface area contributed by atoms with Gasteiger partial charge in [0.1, 0.15) is 10.7 Å². The minimum atomic E-state index is -0.202. The van der Waals surface area contributed by atoms with Gasteiger partial charge in [-0.2, -0.15) is 5.10 Å². The van der Waals surface area contributed by atoms with Crippen molar-refractivity contribution < 1.29 is 4.79 Å². The normalized spacial score (nSPS) is 10.8. The lowest BCUT2D eigenvalue weighted by molar-refractivity contribution is 0.0946. The zero-order valence-electron chi connectivity index (χ0n) is 10.2. The van der Waals surface area contributed by atoms with Gasteiger partial charge in [0.05, 0.1) is 6.20 Å². The molecule has 19 heavy (non-hydrogen) atoms. The lowest BCUT2D eigenvalue weighted by Crippen LogP contribution is -2.23. The van der Waals surface area contributed by atoms with Crippen LogP contribution in [-0.4, -0.2) is 25.5 Å². The summed E-state index contributed by atoms with van der Waals surface area (Å²) >= 11 is 1.46. The Hall–Kier alpha value is -2.28. The number of aryl methyl sites for hydroxylation is 1. The fraction of sp³-hybridized carbons (Fsp3) is 0.167. The summed E-state index contributed by atoms with van der Waals surface area (Å²) in [5.74, 6) is -0.202. The molecule has 0 aliphatic heterocycles. The molecule has 0 aliphatic rings. The van der Waals surface area contributed by atoms with E-state index in [0.717, 1.165) is 15.5 Å². The van der Waals surface area contributed by atoms with E-state index < -0.39 is 0 Å². The van der Waals surface area contributed by atoms with Gasteiger partial charge in [0, 0.05) is 18.9 Å². The van der Waals surface area contributed by atoms with Crippen molar-refractivity contribution in [3.05, 3.63) is 47.0 Å². The maximum atomic E-state index is 11.9. The maximum Gasteiger partial charge on any atom is 0.271 e. The SMILES string of the molecule is Cc1nn2cc(C(=O)NCc3ccncc3)nc2s1. The van der Waals surface area contributed by atoms with Crippen LogP contribution in [0.5, 0.6) is 0 Å². The highest BCUT2D eigenvalue weighted by Gasteiger charge is 2.12. The zero-order chi connectivity index (χ0) is 13.2. The van der Waals surface area contributed by atoms with Crippen LogP contribution in [0.4, 0.5) is 0 Å². The van der Waals surface area contributed by atoms with Crippen LogP contribution in [0.25, 0.3) is 4.96 Å². The summed E-state index contributed by atoms with van der Waals surface area (Å²) in [7, 11) is 0. The number of carbonyl (C=O) groups excluding carboxylic acids is 1. The Morgan fingerprint density at radius 3 is 2.95 bits per heavy atom. The molecule has 0 radical (unpaired) electrons. The number of nitrogens with zero attached hydrogens (tertiary/aromatic N) is 4. The summed E-state index contributed by atoms with van der Waals surface area (Å²) < 4.78 is 1.63. The van der Waals surface area contributed by atoms with Gasteiger partial charge in [-0.05, 0) is 24.6 Å². The van der Waals surface area contributed by atoms with Gasteiger partial charge in [-0.15, -0.1) is 0 Å². The quantitative estimate of drug-likeness (QED) is 0.783. The smallest absolute Gasteiger partial charge is 0.271 e. The molecular weight excluding hydrogens is 262 g/mol. The molecule has 0 atom stereocenters. The summed E-state index contributed by atoms with van der Waals surface area (Å²) in [6.07, 6.45) is 5.03. The van der Waals surface area contributed by atoms with Crippen molar-refractivity contribution >= 4 is 22.2 Å². The fourth-order valence-electron chi connectivity index (χ4n) is 1.68. The average Bonchev–Trinajstić information content (AvgIpc) is 2.94. The van der Waals surface area contributed by atoms with Crippen molar-refractivity contribution in [2.75, 3.05) is 0 Å². The Morgan fingerprint density at radius 1 is 1.42 bits per heavy atom. The summed E-state index contributed by atoms with van der Waals surface area (Å²) in [5.41, 5.74) is 1.38. The molecule has 0 saturated carbocycles. The van der Waals surface area contributed by atoms with E-state index in [9.17, 15) is 4.79 Å². The van der Waals surface area contributed by atoms with Crippen LogP contribution >= 0.6 is 11.3 Å². The molecule has 6 nitrogen and oxygen atoms in total. The Kier molecular flexibility index (Phi) is 2.96. The molecule has 7 heteroatoms. The van der Waals surface area contributed by atoms with Crippen molar-refractivity contribution in [1.29, 1.82) is 0 Å². The van der Waals surface area contributed by atoms with Crippen LogP contribution in [0.2, 0.25) is 0 Å². The minimum Gasteiger partial charge on any atom is -0.347 e. The molecule has 1 N–H and O–H groups in total. The Bertz CT molecular complexity index is 687. The first kappa shape index (κ1) is 11.8. The summed E-state index contributed by atoms with van der Waals surface area (Å²) in [6.45, 7) is 2.36. The van der Waals surface area contributed by atoms with E-state index in [1.54, 1.807) is 23.1 Å². The summed E-state index contributed by atoms with van der Waals surface area (Å²) in [6, 6.07) is 3.72. The Balaban J connectivity index is 1.71. The molecular formula is C12H11N5OS. The summed E-state index contributed by atoms with van der Waals surface area (Å²) in [4.78, 5) is 20.8. The molecule has 3 aromatic heterocycles. The van der Waals surface area contributed by atoms with Crippen LogP contribution in [0.15, 0.2) is 30.7 Å². The van der Waals surface area contributed by atoms with Gasteiger partial charge >= 0.3 is 0 Å². The number of amides is 1. The number of fused-ring (bicyclic) bond motifs is 1. The lowest BCUT2D eigenvalue weighted by Gasteiger charge is -2.02. The second-order valence-electron chi connectivity index (χ2n) is 4.01. The first-order valence-electron chi connectivity index (χ1n) is 5.72. The van der Waals surface area contributed by atoms with E-state index in [0.29, 0.717) is 12.2 Å². The molecule has 0 aliphatic carbocycles. The molecule has 0 spiro atoms. The van der Waals surface area contributed by atoms with Crippen LogP contribution in [-0.2, 0) is 6.54 Å². The highest BCUT2D eigenvalue weighted by Crippen LogP contribution is 2.13. The molecule has 0 bridgehead atoms. The minimum absolute atomic E-state index is 0.202. The number of hydrogen-bond acceptors (Lipinski definition) is 5. The second kappa shape index (κ2) is 4.77. The highest BCUT2D eigenvalue weighted by atomic mass is 32.1. The van der Waals surface area contributed by atoms with Gasteiger partial charge in [-0.1, -0.05) is 11.3 Å². The van der Waals surface area contributed by atoms with E-state index in [4.69, 9.17) is 0 Å². The third-order valence-corrected chi connectivity index (χ3v) is 3.42. The highest BCUT2D eigenvalue weighted by molar-refractivity contribution is 7.16. The van der Waals surface area contributed by atoms with Gasteiger partial charge in [0.15, 0.2) is 0 Å². The molecule has 3 aromatic rings. The third kappa shape index (κ3) is 2.45. The molecule has 96 valence electrons. The Morgan fingerprint density at radius 2 is 2.21 bits per heavy atom. The monoisotopic (exact) mass is 273 g/mol. The predicted molar refractivity (Wildman–Crippen MR) is 71.0 cm³/mol. The lowest BCUT2D eigenvalue weighted by atomic mass is 10.2. The number of aromatic nitrogens is 4. The van der Waals surface area contributed by atoms with Gasteiger partial charge in [0.25, 0.3) is 5.91 Å².